The van der Waals surface area contributed by atoms with E-state index in [2.05, 4.69) is 4.98 Å². The van der Waals surface area contributed by atoms with Gasteiger partial charge in [0.2, 0.25) is 0 Å². The number of carboxylic acids is 1. The lowest BCUT2D eigenvalue weighted by atomic mass is 10.2. The number of hydrogen-bond acceptors (Lipinski definition) is 5. The SMILES string of the molecule is Cc1cc(N2CCCS(=O)(=O)CC2)c(C(=O)O)cn1. The maximum Gasteiger partial charge on any atom is 0.339 e. The van der Waals surface area contributed by atoms with Crippen molar-refractivity contribution in [3.05, 3.63) is 23.5 Å². The average Bonchev–Trinajstić information content (AvgIpc) is 2.49. The number of carboxylic acid groups (broad SMARTS) is 1. The van der Waals surface area contributed by atoms with Crippen molar-refractivity contribution in [3.8, 4) is 0 Å². The first-order chi connectivity index (χ1) is 8.89. The number of anilines is 1. The molecule has 1 fully saturated rings. The van der Waals surface area contributed by atoms with E-state index < -0.39 is 15.8 Å². The fraction of sp³-hybridized carbons (Fsp3) is 0.500. The fourth-order valence-corrected chi connectivity index (χ4v) is 3.42. The van der Waals surface area contributed by atoms with Gasteiger partial charge in [0, 0.05) is 25.0 Å². The van der Waals surface area contributed by atoms with Gasteiger partial charge in [0.15, 0.2) is 9.84 Å². The van der Waals surface area contributed by atoms with Gasteiger partial charge >= 0.3 is 5.97 Å². The quantitative estimate of drug-likeness (QED) is 0.860. The molecular formula is C12H16N2O4S. The largest absolute Gasteiger partial charge is 0.478 e. The Hall–Kier alpha value is -1.63. The second kappa shape index (κ2) is 5.16. The van der Waals surface area contributed by atoms with Crippen molar-refractivity contribution >= 4 is 21.5 Å². The van der Waals surface area contributed by atoms with Crippen LogP contribution in [0.4, 0.5) is 5.69 Å². The molecule has 1 aliphatic rings. The molecule has 6 nitrogen and oxygen atoms in total. The molecule has 2 heterocycles. The van der Waals surface area contributed by atoms with Gasteiger partial charge in [-0.3, -0.25) is 4.98 Å². The Bertz CT molecular complexity index is 598. The van der Waals surface area contributed by atoms with Crippen LogP contribution in [0.1, 0.15) is 22.5 Å². The van der Waals surface area contributed by atoms with Crippen LogP contribution in [0.3, 0.4) is 0 Å². The third-order valence-electron chi connectivity index (χ3n) is 3.15. The first kappa shape index (κ1) is 13.8. The highest BCUT2D eigenvalue weighted by atomic mass is 32.2. The molecule has 0 amide bonds. The Morgan fingerprint density at radius 2 is 2.11 bits per heavy atom. The van der Waals surface area contributed by atoms with Crippen molar-refractivity contribution in [2.75, 3.05) is 29.5 Å². The third-order valence-corrected chi connectivity index (χ3v) is 4.86. The summed E-state index contributed by atoms with van der Waals surface area (Å²) in [6, 6.07) is 1.70. The summed E-state index contributed by atoms with van der Waals surface area (Å²) >= 11 is 0. The van der Waals surface area contributed by atoms with E-state index in [1.807, 2.05) is 4.90 Å². The molecule has 1 saturated heterocycles. The van der Waals surface area contributed by atoms with Gasteiger partial charge < -0.3 is 10.0 Å². The molecule has 0 aromatic carbocycles. The summed E-state index contributed by atoms with van der Waals surface area (Å²) in [6.07, 6.45) is 1.84. The molecule has 0 unspecified atom stereocenters. The van der Waals surface area contributed by atoms with Crippen molar-refractivity contribution in [2.45, 2.75) is 13.3 Å². The summed E-state index contributed by atoms with van der Waals surface area (Å²) in [6.45, 7) is 2.65. The molecule has 1 aromatic heterocycles. The van der Waals surface area contributed by atoms with Gasteiger partial charge in [-0.1, -0.05) is 0 Å². The Balaban J connectivity index is 2.35. The summed E-state index contributed by atoms with van der Waals surface area (Å²) in [4.78, 5) is 17.0. The molecule has 7 heteroatoms. The molecule has 0 aliphatic carbocycles. The highest BCUT2D eigenvalue weighted by Gasteiger charge is 2.22. The molecule has 0 spiro atoms. The van der Waals surface area contributed by atoms with E-state index in [1.165, 1.54) is 6.20 Å². The molecule has 1 aromatic rings. The summed E-state index contributed by atoms with van der Waals surface area (Å²) in [5.41, 5.74) is 1.38. The molecule has 0 radical (unpaired) electrons. The summed E-state index contributed by atoms with van der Waals surface area (Å²) < 4.78 is 23.2. The maximum absolute atomic E-state index is 11.6. The van der Waals surface area contributed by atoms with E-state index in [0.717, 1.165) is 0 Å². The number of nitrogens with zero attached hydrogens (tertiary/aromatic N) is 2. The number of carbonyl (C=O) groups is 1. The predicted octanol–water partition coefficient (Wildman–Crippen LogP) is 0.713. The van der Waals surface area contributed by atoms with Crippen LogP contribution < -0.4 is 4.90 Å². The first-order valence-corrected chi connectivity index (χ1v) is 7.86. The van der Waals surface area contributed by atoms with Gasteiger partial charge in [0.05, 0.1) is 17.2 Å². The van der Waals surface area contributed by atoms with Crippen LogP contribution in [0.5, 0.6) is 0 Å². The average molecular weight is 284 g/mol. The Morgan fingerprint density at radius 3 is 2.79 bits per heavy atom. The number of rotatable bonds is 2. The third kappa shape index (κ3) is 3.23. The molecule has 104 valence electrons. The van der Waals surface area contributed by atoms with Crippen LogP contribution in [0.2, 0.25) is 0 Å². The van der Waals surface area contributed by atoms with E-state index in [0.29, 0.717) is 30.9 Å². The number of hydrogen-bond donors (Lipinski definition) is 1. The number of aromatic nitrogens is 1. The van der Waals surface area contributed by atoms with Gasteiger partial charge in [-0.25, -0.2) is 13.2 Å². The van der Waals surface area contributed by atoms with Crippen LogP contribution in [-0.4, -0.2) is 49.1 Å². The minimum Gasteiger partial charge on any atom is -0.478 e. The lowest BCUT2D eigenvalue weighted by Gasteiger charge is -2.23. The Labute approximate surface area is 112 Å². The molecular weight excluding hydrogens is 268 g/mol. The summed E-state index contributed by atoms with van der Waals surface area (Å²) in [7, 11) is -3.01. The minimum absolute atomic E-state index is 0.0629. The molecule has 0 bridgehead atoms. The van der Waals surface area contributed by atoms with Crippen molar-refractivity contribution < 1.29 is 18.3 Å². The van der Waals surface area contributed by atoms with Crippen LogP contribution in [0, 0.1) is 6.92 Å². The lowest BCUT2D eigenvalue weighted by molar-refractivity contribution is 0.0697. The molecule has 1 aliphatic heterocycles. The fourth-order valence-electron chi connectivity index (χ4n) is 2.15. The van der Waals surface area contributed by atoms with E-state index in [4.69, 9.17) is 0 Å². The monoisotopic (exact) mass is 284 g/mol. The van der Waals surface area contributed by atoms with Gasteiger partial charge in [0.1, 0.15) is 5.56 Å². The van der Waals surface area contributed by atoms with Crippen molar-refractivity contribution in [1.29, 1.82) is 0 Å². The molecule has 19 heavy (non-hydrogen) atoms. The predicted molar refractivity (Wildman–Crippen MR) is 71.4 cm³/mol. The summed E-state index contributed by atoms with van der Waals surface area (Å²) in [5, 5.41) is 9.18. The van der Waals surface area contributed by atoms with Crippen molar-refractivity contribution in [3.63, 3.8) is 0 Å². The second-order valence-electron chi connectivity index (χ2n) is 4.64. The zero-order valence-electron chi connectivity index (χ0n) is 10.7. The van der Waals surface area contributed by atoms with Crippen LogP contribution >= 0.6 is 0 Å². The zero-order chi connectivity index (χ0) is 14.0. The van der Waals surface area contributed by atoms with Crippen LogP contribution in [0.25, 0.3) is 0 Å². The Morgan fingerprint density at radius 1 is 1.37 bits per heavy atom. The highest BCUT2D eigenvalue weighted by Crippen LogP contribution is 2.22. The number of sulfone groups is 1. The molecule has 1 N–H and O–H groups in total. The maximum atomic E-state index is 11.6. The van der Waals surface area contributed by atoms with E-state index in [-0.39, 0.29) is 17.1 Å². The van der Waals surface area contributed by atoms with Crippen LogP contribution in [0.15, 0.2) is 12.3 Å². The molecule has 0 atom stereocenters. The zero-order valence-corrected chi connectivity index (χ0v) is 11.5. The highest BCUT2D eigenvalue weighted by molar-refractivity contribution is 7.91. The summed E-state index contributed by atoms with van der Waals surface area (Å²) in [5.74, 6) is -0.821. The second-order valence-corrected chi connectivity index (χ2v) is 6.94. The van der Waals surface area contributed by atoms with E-state index >= 15 is 0 Å². The molecule has 0 saturated carbocycles. The first-order valence-electron chi connectivity index (χ1n) is 6.04. The van der Waals surface area contributed by atoms with E-state index in [1.54, 1.807) is 13.0 Å². The molecule has 2 rings (SSSR count). The standard InChI is InChI=1S/C12H16N2O4S/c1-9-7-11(10(8-13-9)12(15)16)14-3-2-5-19(17,18)6-4-14/h7-8H,2-6H2,1H3,(H,15,16). The van der Waals surface area contributed by atoms with Crippen molar-refractivity contribution in [1.82, 2.24) is 4.98 Å². The van der Waals surface area contributed by atoms with Crippen molar-refractivity contribution in [2.24, 2.45) is 0 Å². The van der Waals surface area contributed by atoms with Gasteiger partial charge in [-0.15, -0.1) is 0 Å². The number of aromatic carboxylic acids is 1. The topological polar surface area (TPSA) is 87.6 Å². The normalized spacial score (nSPS) is 18.9. The minimum atomic E-state index is -3.01. The van der Waals surface area contributed by atoms with E-state index in [9.17, 15) is 18.3 Å². The lowest BCUT2D eigenvalue weighted by Crippen LogP contribution is -2.28. The smallest absolute Gasteiger partial charge is 0.339 e. The number of pyridine rings is 1. The van der Waals surface area contributed by atoms with Crippen LogP contribution in [-0.2, 0) is 9.84 Å². The van der Waals surface area contributed by atoms with Gasteiger partial charge in [-0.05, 0) is 19.4 Å². The van der Waals surface area contributed by atoms with Gasteiger partial charge in [-0.2, -0.15) is 0 Å². The number of aryl methyl sites for hydroxylation is 1. The van der Waals surface area contributed by atoms with Gasteiger partial charge in [0.25, 0.3) is 0 Å². The Kier molecular flexibility index (Phi) is 3.75.